The van der Waals surface area contributed by atoms with Crippen LogP contribution in [0, 0.1) is 0 Å². The summed E-state index contributed by atoms with van der Waals surface area (Å²) in [5.74, 6) is -1.42. The third kappa shape index (κ3) is 3.78. The van der Waals surface area contributed by atoms with Crippen molar-refractivity contribution in [2.75, 3.05) is 5.32 Å². The van der Waals surface area contributed by atoms with E-state index in [4.69, 9.17) is 0 Å². The summed E-state index contributed by atoms with van der Waals surface area (Å²) >= 11 is 4.65. The van der Waals surface area contributed by atoms with Crippen LogP contribution < -0.4 is 9.88 Å². The predicted molar refractivity (Wildman–Crippen MR) is 100.0 cm³/mol. The molecule has 1 amide bonds. The molecule has 2 heterocycles. The number of benzene rings is 1. The number of carbonyl (C=O) groups is 2. The van der Waals surface area contributed by atoms with Gasteiger partial charge < -0.3 is 10.4 Å². The standard InChI is InChI=1S/C18H13BrN2O3S/c1-21-8-2-3-12(9-21)17(22)20-14-10-25-16(15(14)18(23)24)11-4-6-13(19)7-5-11/h2-10H,1H3,(H-,20,22,23,24)/p+1. The third-order valence-corrected chi connectivity index (χ3v) is 5.12. The molecule has 5 nitrogen and oxygen atoms in total. The van der Waals surface area contributed by atoms with E-state index in [0.717, 1.165) is 10.0 Å². The van der Waals surface area contributed by atoms with Crippen molar-refractivity contribution in [3.63, 3.8) is 0 Å². The minimum absolute atomic E-state index is 0.0981. The number of carboxylic acid groups (broad SMARTS) is 1. The largest absolute Gasteiger partial charge is 0.478 e. The number of carbonyl (C=O) groups excluding carboxylic acids is 1. The Bertz CT molecular complexity index is 951. The van der Waals surface area contributed by atoms with Gasteiger partial charge in [-0.1, -0.05) is 28.1 Å². The maximum absolute atomic E-state index is 12.4. The van der Waals surface area contributed by atoms with Crippen molar-refractivity contribution in [3.8, 4) is 10.4 Å². The van der Waals surface area contributed by atoms with Crippen LogP contribution in [-0.4, -0.2) is 17.0 Å². The van der Waals surface area contributed by atoms with Gasteiger partial charge in [0.05, 0.1) is 10.6 Å². The summed E-state index contributed by atoms with van der Waals surface area (Å²) < 4.78 is 2.67. The monoisotopic (exact) mass is 417 g/mol. The van der Waals surface area contributed by atoms with Crippen LogP contribution >= 0.6 is 27.3 Å². The lowest BCUT2D eigenvalue weighted by atomic mass is 10.1. The molecule has 7 heteroatoms. The van der Waals surface area contributed by atoms with Gasteiger partial charge in [-0.15, -0.1) is 11.3 Å². The summed E-state index contributed by atoms with van der Waals surface area (Å²) in [6.45, 7) is 0. The van der Waals surface area contributed by atoms with E-state index in [0.29, 0.717) is 16.1 Å². The fourth-order valence-electron chi connectivity index (χ4n) is 2.39. The summed E-state index contributed by atoms with van der Waals surface area (Å²) in [6, 6.07) is 10.8. The summed E-state index contributed by atoms with van der Waals surface area (Å²) in [5, 5.41) is 14.0. The lowest BCUT2D eigenvalue weighted by Gasteiger charge is -2.06. The van der Waals surface area contributed by atoms with Crippen LogP contribution in [0.15, 0.2) is 58.6 Å². The molecule has 0 spiro atoms. The van der Waals surface area contributed by atoms with E-state index in [1.54, 1.807) is 28.3 Å². The summed E-state index contributed by atoms with van der Waals surface area (Å²) in [5.41, 5.74) is 1.64. The first kappa shape index (κ1) is 17.3. The smallest absolute Gasteiger partial charge is 0.339 e. The first-order valence-electron chi connectivity index (χ1n) is 7.33. The molecule has 0 aliphatic rings. The van der Waals surface area contributed by atoms with Crippen molar-refractivity contribution >= 4 is 44.8 Å². The third-order valence-electron chi connectivity index (χ3n) is 3.56. The number of nitrogens with zero attached hydrogens (tertiary/aromatic N) is 1. The lowest BCUT2D eigenvalue weighted by molar-refractivity contribution is -0.671. The number of nitrogens with one attached hydrogen (secondary N) is 1. The molecule has 3 aromatic rings. The number of aromatic carboxylic acids is 1. The number of carboxylic acids is 1. The van der Waals surface area contributed by atoms with E-state index in [-0.39, 0.29) is 11.5 Å². The van der Waals surface area contributed by atoms with Crippen LogP contribution in [0.4, 0.5) is 5.69 Å². The number of hydrogen-bond donors (Lipinski definition) is 2. The fraction of sp³-hybridized carbons (Fsp3) is 0.0556. The molecule has 2 aromatic heterocycles. The molecule has 25 heavy (non-hydrogen) atoms. The second-order valence-electron chi connectivity index (χ2n) is 5.38. The second kappa shape index (κ2) is 7.16. The Kier molecular flexibility index (Phi) is 4.96. The van der Waals surface area contributed by atoms with Crippen molar-refractivity contribution in [2.24, 2.45) is 7.05 Å². The Morgan fingerprint density at radius 2 is 1.92 bits per heavy atom. The maximum atomic E-state index is 12.4. The minimum Gasteiger partial charge on any atom is -0.478 e. The second-order valence-corrected chi connectivity index (χ2v) is 7.17. The molecule has 0 bridgehead atoms. The van der Waals surface area contributed by atoms with Gasteiger partial charge in [-0.05, 0) is 23.8 Å². The number of rotatable bonds is 4. The van der Waals surface area contributed by atoms with Crippen LogP contribution in [0.2, 0.25) is 0 Å². The van der Waals surface area contributed by atoms with E-state index < -0.39 is 5.97 Å². The zero-order valence-corrected chi connectivity index (χ0v) is 15.6. The topological polar surface area (TPSA) is 70.3 Å². The summed E-state index contributed by atoms with van der Waals surface area (Å²) in [7, 11) is 1.82. The fourth-order valence-corrected chi connectivity index (χ4v) is 3.66. The Balaban J connectivity index is 1.96. The zero-order chi connectivity index (χ0) is 18.0. The molecule has 0 saturated carbocycles. The van der Waals surface area contributed by atoms with E-state index in [9.17, 15) is 14.7 Å². The number of halogens is 1. The highest BCUT2D eigenvalue weighted by molar-refractivity contribution is 9.10. The highest BCUT2D eigenvalue weighted by Gasteiger charge is 2.22. The lowest BCUT2D eigenvalue weighted by Crippen LogP contribution is -2.29. The highest BCUT2D eigenvalue weighted by Crippen LogP contribution is 2.36. The number of thiophene rings is 1. The molecular weight excluding hydrogens is 404 g/mol. The molecule has 126 valence electrons. The number of aryl methyl sites for hydroxylation is 1. The van der Waals surface area contributed by atoms with E-state index in [1.807, 2.05) is 37.5 Å². The van der Waals surface area contributed by atoms with Crippen LogP contribution in [0.5, 0.6) is 0 Å². The molecule has 0 atom stereocenters. The Morgan fingerprint density at radius 3 is 2.56 bits per heavy atom. The van der Waals surface area contributed by atoms with Gasteiger partial charge in [0, 0.05) is 15.9 Å². The quantitative estimate of drug-likeness (QED) is 0.631. The minimum atomic E-state index is -1.08. The van der Waals surface area contributed by atoms with E-state index in [2.05, 4.69) is 21.2 Å². The molecule has 0 unspecified atom stereocenters. The van der Waals surface area contributed by atoms with Crippen LogP contribution in [0.1, 0.15) is 20.7 Å². The van der Waals surface area contributed by atoms with Gasteiger partial charge in [-0.3, -0.25) is 4.79 Å². The number of pyridine rings is 1. The maximum Gasteiger partial charge on any atom is 0.339 e. The van der Waals surface area contributed by atoms with E-state index >= 15 is 0 Å². The van der Waals surface area contributed by atoms with Gasteiger partial charge in [0.1, 0.15) is 18.2 Å². The first-order valence-corrected chi connectivity index (χ1v) is 9.00. The van der Waals surface area contributed by atoms with Crippen molar-refractivity contribution in [1.82, 2.24) is 0 Å². The molecule has 1 aromatic carbocycles. The first-order chi connectivity index (χ1) is 12.0. The van der Waals surface area contributed by atoms with Gasteiger partial charge in [-0.25, -0.2) is 9.36 Å². The summed E-state index contributed by atoms with van der Waals surface area (Å²) in [4.78, 5) is 24.8. The number of amides is 1. The molecule has 0 aliphatic carbocycles. The van der Waals surface area contributed by atoms with Crippen LogP contribution in [0.25, 0.3) is 10.4 Å². The zero-order valence-electron chi connectivity index (χ0n) is 13.2. The Hall–Kier alpha value is -2.51. The van der Waals surface area contributed by atoms with Gasteiger partial charge in [-0.2, -0.15) is 0 Å². The Morgan fingerprint density at radius 1 is 1.20 bits per heavy atom. The van der Waals surface area contributed by atoms with Gasteiger partial charge in [0.15, 0.2) is 12.4 Å². The van der Waals surface area contributed by atoms with Crippen LogP contribution in [0.3, 0.4) is 0 Å². The molecule has 0 fully saturated rings. The average molecular weight is 418 g/mol. The average Bonchev–Trinajstić information content (AvgIpc) is 2.99. The van der Waals surface area contributed by atoms with Crippen LogP contribution in [-0.2, 0) is 7.05 Å². The van der Waals surface area contributed by atoms with Crippen molar-refractivity contribution in [3.05, 3.63) is 69.8 Å². The highest BCUT2D eigenvalue weighted by atomic mass is 79.9. The van der Waals surface area contributed by atoms with Gasteiger partial charge in [0.25, 0.3) is 5.91 Å². The molecule has 0 aliphatic heterocycles. The molecule has 0 saturated heterocycles. The normalized spacial score (nSPS) is 10.5. The summed E-state index contributed by atoms with van der Waals surface area (Å²) in [6.07, 6.45) is 3.49. The molecule has 0 radical (unpaired) electrons. The van der Waals surface area contributed by atoms with Crippen molar-refractivity contribution < 1.29 is 19.3 Å². The Labute approximate surface area is 156 Å². The predicted octanol–water partition coefficient (Wildman–Crippen LogP) is 3.95. The molecule has 2 N–H and O–H groups in total. The van der Waals surface area contributed by atoms with Crippen molar-refractivity contribution in [1.29, 1.82) is 0 Å². The van der Waals surface area contributed by atoms with Gasteiger partial charge >= 0.3 is 5.97 Å². The number of aromatic nitrogens is 1. The molecular formula is C18H14BrN2O3S+. The number of hydrogen-bond acceptors (Lipinski definition) is 3. The van der Waals surface area contributed by atoms with E-state index in [1.165, 1.54) is 11.3 Å². The number of anilines is 1. The SMILES string of the molecule is C[n+]1cccc(C(=O)Nc2csc(-c3ccc(Br)cc3)c2C(=O)O)c1. The van der Waals surface area contributed by atoms with Crippen molar-refractivity contribution in [2.45, 2.75) is 0 Å². The molecule has 3 rings (SSSR count). The van der Waals surface area contributed by atoms with Gasteiger partial charge in [0.2, 0.25) is 0 Å².